The van der Waals surface area contributed by atoms with Crippen molar-refractivity contribution in [1.29, 1.82) is 0 Å². The highest BCUT2D eigenvalue weighted by molar-refractivity contribution is 8.01. The van der Waals surface area contributed by atoms with Crippen LogP contribution in [0.5, 0.6) is 0 Å². The average Bonchev–Trinajstić information content (AvgIpc) is 3.09. The standard InChI is InChI=1S/C17H20N2O2S/c1-2-21-13-8-17(22-9-13)10-19(11-17)16(20)15-7-12-5-3-4-6-14(12)18-15/h3-7,13,18H,2,8-11H2,1H3/t13-/m1/s1. The van der Waals surface area contributed by atoms with Crippen molar-refractivity contribution in [1.82, 2.24) is 9.88 Å². The molecule has 0 unspecified atom stereocenters. The van der Waals surface area contributed by atoms with E-state index in [-0.39, 0.29) is 10.7 Å². The first kappa shape index (κ1) is 14.2. The first-order valence-electron chi connectivity index (χ1n) is 7.82. The zero-order valence-corrected chi connectivity index (χ0v) is 13.5. The van der Waals surface area contributed by atoms with Gasteiger partial charge in [-0.1, -0.05) is 18.2 Å². The van der Waals surface area contributed by atoms with E-state index in [2.05, 4.69) is 4.98 Å². The van der Waals surface area contributed by atoms with Crippen LogP contribution in [0, 0.1) is 0 Å². The van der Waals surface area contributed by atoms with Crippen molar-refractivity contribution >= 4 is 28.6 Å². The molecule has 1 N–H and O–H groups in total. The summed E-state index contributed by atoms with van der Waals surface area (Å²) in [5, 5.41) is 1.09. The van der Waals surface area contributed by atoms with Gasteiger partial charge in [-0.3, -0.25) is 4.79 Å². The van der Waals surface area contributed by atoms with E-state index >= 15 is 0 Å². The molecule has 4 rings (SSSR count). The van der Waals surface area contributed by atoms with Gasteiger partial charge >= 0.3 is 0 Å². The van der Waals surface area contributed by atoms with E-state index in [1.54, 1.807) is 0 Å². The lowest BCUT2D eigenvalue weighted by molar-refractivity contribution is 0.0356. The van der Waals surface area contributed by atoms with Crippen LogP contribution in [0.25, 0.3) is 10.9 Å². The molecule has 4 nitrogen and oxygen atoms in total. The zero-order valence-electron chi connectivity index (χ0n) is 12.7. The quantitative estimate of drug-likeness (QED) is 0.947. The summed E-state index contributed by atoms with van der Waals surface area (Å²) in [7, 11) is 0. The molecule has 2 aromatic rings. The number of carbonyl (C=O) groups is 1. The Labute approximate surface area is 134 Å². The van der Waals surface area contributed by atoms with Gasteiger partial charge < -0.3 is 14.6 Å². The number of nitrogens with zero attached hydrogens (tertiary/aromatic N) is 1. The third-order valence-corrected chi connectivity index (χ3v) is 6.16. The molecule has 22 heavy (non-hydrogen) atoms. The van der Waals surface area contributed by atoms with Crippen molar-refractivity contribution < 1.29 is 9.53 Å². The second-order valence-electron chi connectivity index (χ2n) is 6.21. The van der Waals surface area contributed by atoms with Gasteiger partial charge in [-0.05, 0) is 25.5 Å². The molecule has 2 aliphatic rings. The number of hydrogen-bond acceptors (Lipinski definition) is 3. The first-order chi connectivity index (χ1) is 10.7. The number of nitrogens with one attached hydrogen (secondary N) is 1. The number of H-pyrrole nitrogens is 1. The molecule has 1 aromatic carbocycles. The van der Waals surface area contributed by atoms with E-state index in [9.17, 15) is 4.79 Å². The van der Waals surface area contributed by atoms with E-state index in [1.807, 2.05) is 53.9 Å². The molecule has 0 radical (unpaired) electrons. The summed E-state index contributed by atoms with van der Waals surface area (Å²) in [6.45, 7) is 4.51. The fourth-order valence-electron chi connectivity index (χ4n) is 3.52. The lowest BCUT2D eigenvalue weighted by atomic mass is 9.92. The summed E-state index contributed by atoms with van der Waals surface area (Å²) in [6, 6.07) is 9.96. The highest BCUT2D eigenvalue weighted by Crippen LogP contribution is 2.46. The predicted molar refractivity (Wildman–Crippen MR) is 89.4 cm³/mol. The van der Waals surface area contributed by atoms with Crippen LogP contribution in [-0.4, -0.2) is 52.1 Å². The average molecular weight is 316 g/mol. The van der Waals surface area contributed by atoms with E-state index in [1.165, 1.54) is 0 Å². The van der Waals surface area contributed by atoms with Crippen molar-refractivity contribution in [2.24, 2.45) is 0 Å². The predicted octanol–water partition coefficient (Wildman–Crippen LogP) is 2.90. The smallest absolute Gasteiger partial charge is 0.270 e. The molecule has 0 saturated carbocycles. The van der Waals surface area contributed by atoms with Crippen LogP contribution < -0.4 is 0 Å². The van der Waals surface area contributed by atoms with Crippen LogP contribution in [0.15, 0.2) is 30.3 Å². The Hall–Kier alpha value is -1.46. The number of likely N-dealkylation sites (tertiary alicyclic amines) is 1. The second kappa shape index (κ2) is 5.32. The maximum Gasteiger partial charge on any atom is 0.270 e. The van der Waals surface area contributed by atoms with Gasteiger partial charge in [0.1, 0.15) is 5.69 Å². The Bertz CT molecular complexity index is 673. The van der Waals surface area contributed by atoms with Crippen molar-refractivity contribution in [2.75, 3.05) is 25.4 Å². The molecule has 1 atom stereocenters. The Balaban J connectivity index is 1.43. The van der Waals surface area contributed by atoms with E-state index in [0.29, 0.717) is 11.8 Å². The van der Waals surface area contributed by atoms with Crippen molar-refractivity contribution in [3.05, 3.63) is 36.0 Å². The Morgan fingerprint density at radius 1 is 1.45 bits per heavy atom. The maximum absolute atomic E-state index is 12.6. The summed E-state index contributed by atoms with van der Waals surface area (Å²) in [4.78, 5) is 17.8. The lowest BCUT2D eigenvalue weighted by Gasteiger charge is -2.47. The number of aromatic amines is 1. The largest absolute Gasteiger partial charge is 0.378 e. The topological polar surface area (TPSA) is 45.3 Å². The van der Waals surface area contributed by atoms with Gasteiger partial charge in [-0.2, -0.15) is 0 Å². The van der Waals surface area contributed by atoms with Crippen LogP contribution in [0.4, 0.5) is 0 Å². The molecule has 0 bridgehead atoms. The molecule has 2 aliphatic heterocycles. The second-order valence-corrected chi connectivity index (χ2v) is 7.70. The number of aromatic nitrogens is 1. The van der Waals surface area contributed by atoms with Crippen molar-refractivity contribution in [3.63, 3.8) is 0 Å². The highest BCUT2D eigenvalue weighted by Gasteiger charge is 2.51. The number of carbonyl (C=O) groups excluding carboxylic acids is 1. The van der Waals surface area contributed by atoms with Gasteiger partial charge in [0.25, 0.3) is 5.91 Å². The molecule has 1 aromatic heterocycles. The molecule has 1 amide bonds. The highest BCUT2D eigenvalue weighted by atomic mass is 32.2. The van der Waals surface area contributed by atoms with Crippen LogP contribution in [0.1, 0.15) is 23.8 Å². The van der Waals surface area contributed by atoms with Crippen molar-refractivity contribution in [3.8, 4) is 0 Å². The Morgan fingerprint density at radius 2 is 2.27 bits per heavy atom. The SMILES string of the molecule is CCO[C@H]1CSC2(C1)CN(C(=O)c1cc3ccccc3[nH]1)C2. The van der Waals surface area contributed by atoms with E-state index in [4.69, 9.17) is 4.74 Å². The number of ether oxygens (including phenoxy) is 1. The summed E-state index contributed by atoms with van der Waals surface area (Å²) in [5.41, 5.74) is 1.72. The fourth-order valence-corrected chi connectivity index (χ4v) is 5.07. The van der Waals surface area contributed by atoms with Crippen LogP contribution in [0.2, 0.25) is 0 Å². The van der Waals surface area contributed by atoms with Gasteiger partial charge in [0.05, 0.1) is 10.9 Å². The minimum Gasteiger partial charge on any atom is -0.378 e. The lowest BCUT2D eigenvalue weighted by Crippen LogP contribution is -2.60. The summed E-state index contributed by atoms with van der Waals surface area (Å²) in [6.07, 6.45) is 1.43. The van der Waals surface area contributed by atoms with Gasteiger partial charge in [0, 0.05) is 36.4 Å². The Kier molecular flexibility index (Phi) is 3.42. The first-order valence-corrected chi connectivity index (χ1v) is 8.80. The molecule has 1 spiro atoms. The maximum atomic E-state index is 12.6. The molecule has 0 aliphatic carbocycles. The fraction of sp³-hybridized carbons (Fsp3) is 0.471. The third-order valence-electron chi connectivity index (χ3n) is 4.58. The van der Waals surface area contributed by atoms with Gasteiger partial charge in [-0.25, -0.2) is 0 Å². The van der Waals surface area contributed by atoms with Crippen LogP contribution in [0.3, 0.4) is 0 Å². The molecule has 116 valence electrons. The number of thioether (sulfide) groups is 1. The normalized spacial score (nSPS) is 23.1. The molecular weight excluding hydrogens is 296 g/mol. The zero-order chi connectivity index (χ0) is 15.2. The van der Waals surface area contributed by atoms with Gasteiger partial charge in [-0.15, -0.1) is 11.8 Å². The molecule has 2 saturated heterocycles. The Morgan fingerprint density at radius 3 is 3.05 bits per heavy atom. The van der Waals surface area contributed by atoms with Crippen LogP contribution >= 0.6 is 11.8 Å². The van der Waals surface area contributed by atoms with E-state index in [0.717, 1.165) is 42.8 Å². The number of hydrogen-bond donors (Lipinski definition) is 1. The number of fused-ring (bicyclic) bond motifs is 1. The molecule has 5 heteroatoms. The molecular formula is C17H20N2O2S. The van der Waals surface area contributed by atoms with E-state index < -0.39 is 0 Å². The van der Waals surface area contributed by atoms with Gasteiger partial charge in [0.15, 0.2) is 0 Å². The molecule has 3 heterocycles. The van der Waals surface area contributed by atoms with Gasteiger partial charge in [0.2, 0.25) is 0 Å². The summed E-state index contributed by atoms with van der Waals surface area (Å²) >= 11 is 1.97. The number of benzene rings is 1. The minimum atomic E-state index is 0.113. The van der Waals surface area contributed by atoms with Crippen molar-refractivity contribution in [2.45, 2.75) is 24.2 Å². The summed E-state index contributed by atoms with van der Waals surface area (Å²) in [5.74, 6) is 1.17. The molecule has 2 fully saturated rings. The summed E-state index contributed by atoms with van der Waals surface area (Å²) < 4.78 is 5.96. The van der Waals surface area contributed by atoms with Crippen LogP contribution in [-0.2, 0) is 4.74 Å². The monoisotopic (exact) mass is 316 g/mol. The third kappa shape index (κ3) is 2.32. The number of amides is 1. The minimum absolute atomic E-state index is 0.113. The number of para-hydroxylation sites is 1. The number of rotatable bonds is 3.